The van der Waals surface area contributed by atoms with E-state index in [2.05, 4.69) is 0 Å². The van der Waals surface area contributed by atoms with Crippen molar-refractivity contribution in [1.82, 2.24) is 19.7 Å². The van der Waals surface area contributed by atoms with Crippen LogP contribution in [0.5, 0.6) is 0 Å². The fourth-order valence-electron chi connectivity index (χ4n) is 1.03. The van der Waals surface area contributed by atoms with Gasteiger partial charge in [-0.2, -0.15) is 4.68 Å². The summed E-state index contributed by atoms with van der Waals surface area (Å²) < 4.78 is 1.08. The van der Waals surface area contributed by atoms with E-state index in [1.165, 1.54) is 0 Å². The van der Waals surface area contributed by atoms with Gasteiger partial charge in [-0.25, -0.2) is 14.4 Å². The normalized spacial score (nSPS) is 20.8. The minimum Gasteiger partial charge on any atom is -0.355 e. The minimum atomic E-state index is -1.47. The van der Waals surface area contributed by atoms with Gasteiger partial charge in [-0.15, -0.1) is 4.68 Å². The number of aliphatic hydroxyl groups is 1. The van der Waals surface area contributed by atoms with Crippen LogP contribution in [-0.4, -0.2) is 25.5 Å². The van der Waals surface area contributed by atoms with E-state index < -0.39 is 23.8 Å². The number of carbonyl (C=O) groups is 1. The lowest BCUT2D eigenvalue weighted by Crippen LogP contribution is -2.29. The highest BCUT2D eigenvalue weighted by Gasteiger charge is 2.29. The Morgan fingerprint density at radius 3 is 2.50 bits per heavy atom. The van der Waals surface area contributed by atoms with Crippen molar-refractivity contribution in [2.75, 3.05) is 0 Å². The number of amides is 1. The maximum atomic E-state index is 10.8. The van der Waals surface area contributed by atoms with Crippen molar-refractivity contribution >= 4 is 6.03 Å². The number of aliphatic hydroxyl groups excluding tert-OH is 1. The molecule has 1 aliphatic heterocycles. The average molecular weight is 172 g/mol. The van der Waals surface area contributed by atoms with Gasteiger partial charge < -0.3 is 5.11 Å². The standard InChI is InChI=1S/C4H4N4O4/c9-1-5-2(10)8-4(12)6-3(11)7(1)8/h1,9H,(H,5,10)(H,6,11,12)/t1-/m0/s1. The Bertz CT molecular complexity index is 450. The Labute approximate surface area is 64.0 Å². The predicted molar refractivity (Wildman–Crippen MR) is 34.5 cm³/mol. The van der Waals surface area contributed by atoms with Crippen LogP contribution in [0.3, 0.4) is 0 Å². The van der Waals surface area contributed by atoms with Crippen LogP contribution in [0.4, 0.5) is 4.79 Å². The number of carbonyl (C=O) groups excluding carboxylic acids is 1. The zero-order valence-electron chi connectivity index (χ0n) is 5.64. The van der Waals surface area contributed by atoms with Crippen molar-refractivity contribution < 1.29 is 9.90 Å². The molecule has 1 amide bonds. The molecular formula is C4H4N4O4. The first-order valence-corrected chi connectivity index (χ1v) is 3.04. The molecule has 3 N–H and O–H groups in total. The third-order valence-electron chi connectivity index (χ3n) is 1.51. The fourth-order valence-corrected chi connectivity index (χ4v) is 1.03. The summed E-state index contributed by atoms with van der Waals surface area (Å²) in [6.07, 6.45) is -1.47. The molecule has 0 aliphatic carbocycles. The lowest BCUT2D eigenvalue weighted by atomic mass is 10.9. The molecule has 64 valence electrons. The second-order valence-electron chi connectivity index (χ2n) is 2.21. The lowest BCUT2D eigenvalue weighted by molar-refractivity contribution is 0.0829. The monoisotopic (exact) mass is 172 g/mol. The van der Waals surface area contributed by atoms with E-state index >= 15 is 0 Å². The van der Waals surface area contributed by atoms with Crippen molar-refractivity contribution in [3.8, 4) is 0 Å². The molecule has 1 aromatic rings. The van der Waals surface area contributed by atoms with Crippen LogP contribution in [0, 0.1) is 0 Å². The topological polar surface area (TPSA) is 109 Å². The third kappa shape index (κ3) is 0.613. The number of hydrogen-bond acceptors (Lipinski definition) is 4. The van der Waals surface area contributed by atoms with Crippen molar-refractivity contribution in [3.63, 3.8) is 0 Å². The molecule has 0 saturated heterocycles. The number of rotatable bonds is 0. The van der Waals surface area contributed by atoms with Gasteiger partial charge in [0.1, 0.15) is 0 Å². The number of aromatic amines is 1. The maximum Gasteiger partial charge on any atom is 0.353 e. The number of fused-ring (bicyclic) bond motifs is 1. The Kier molecular flexibility index (Phi) is 1.06. The van der Waals surface area contributed by atoms with Gasteiger partial charge in [0, 0.05) is 0 Å². The first-order chi connectivity index (χ1) is 5.61. The number of aromatic nitrogens is 3. The van der Waals surface area contributed by atoms with Crippen molar-refractivity contribution in [3.05, 3.63) is 21.0 Å². The number of nitrogens with zero attached hydrogens (tertiary/aromatic N) is 2. The van der Waals surface area contributed by atoms with Gasteiger partial charge in [0.05, 0.1) is 0 Å². The van der Waals surface area contributed by atoms with Gasteiger partial charge in [0.25, 0.3) is 0 Å². The van der Waals surface area contributed by atoms with Crippen LogP contribution in [0.15, 0.2) is 9.59 Å². The molecule has 0 saturated carbocycles. The SMILES string of the molecule is O=C1N[C@H](O)n2c(=O)[nH]c(=O)n21. The predicted octanol–water partition coefficient (Wildman–Crippen LogP) is -2.64. The molecule has 0 aromatic carbocycles. The highest BCUT2D eigenvalue weighted by Crippen LogP contribution is 1.98. The second-order valence-corrected chi connectivity index (χ2v) is 2.21. The summed E-state index contributed by atoms with van der Waals surface area (Å²) in [5.74, 6) is 0. The van der Waals surface area contributed by atoms with E-state index in [1.54, 1.807) is 0 Å². The number of H-pyrrole nitrogens is 1. The largest absolute Gasteiger partial charge is 0.355 e. The maximum absolute atomic E-state index is 10.8. The quantitative estimate of drug-likeness (QED) is 0.397. The Balaban J connectivity index is 2.87. The summed E-state index contributed by atoms with van der Waals surface area (Å²) in [5.41, 5.74) is -1.69. The summed E-state index contributed by atoms with van der Waals surface area (Å²) >= 11 is 0. The first-order valence-electron chi connectivity index (χ1n) is 3.04. The van der Waals surface area contributed by atoms with Crippen molar-refractivity contribution in [2.45, 2.75) is 6.35 Å². The van der Waals surface area contributed by atoms with E-state index in [-0.39, 0.29) is 0 Å². The van der Waals surface area contributed by atoms with E-state index in [9.17, 15) is 14.4 Å². The van der Waals surface area contributed by atoms with Crippen LogP contribution in [0.2, 0.25) is 0 Å². The van der Waals surface area contributed by atoms with Gasteiger partial charge >= 0.3 is 17.4 Å². The van der Waals surface area contributed by atoms with Gasteiger partial charge in [-0.1, -0.05) is 0 Å². The average Bonchev–Trinajstić information content (AvgIpc) is 2.38. The highest BCUT2D eigenvalue weighted by atomic mass is 16.3. The van der Waals surface area contributed by atoms with E-state index in [0.717, 1.165) is 0 Å². The molecule has 2 heterocycles. The van der Waals surface area contributed by atoms with Gasteiger partial charge in [0.15, 0.2) is 0 Å². The van der Waals surface area contributed by atoms with Crippen LogP contribution in [-0.2, 0) is 0 Å². The van der Waals surface area contributed by atoms with Gasteiger partial charge in [-0.3, -0.25) is 10.3 Å². The van der Waals surface area contributed by atoms with E-state index in [0.29, 0.717) is 9.36 Å². The highest BCUT2D eigenvalue weighted by molar-refractivity contribution is 5.76. The molecule has 12 heavy (non-hydrogen) atoms. The molecule has 2 rings (SSSR count). The molecular weight excluding hydrogens is 168 g/mol. The zero-order valence-corrected chi connectivity index (χ0v) is 5.64. The van der Waals surface area contributed by atoms with E-state index in [4.69, 9.17) is 5.11 Å². The summed E-state index contributed by atoms with van der Waals surface area (Å²) in [4.78, 5) is 34.3. The van der Waals surface area contributed by atoms with Crippen LogP contribution in [0.1, 0.15) is 6.35 Å². The molecule has 8 nitrogen and oxygen atoms in total. The molecule has 0 bridgehead atoms. The molecule has 1 atom stereocenters. The van der Waals surface area contributed by atoms with Gasteiger partial charge in [0.2, 0.25) is 6.35 Å². The minimum absolute atomic E-state index is 0.493. The van der Waals surface area contributed by atoms with Crippen LogP contribution in [0.25, 0.3) is 0 Å². The number of nitrogens with one attached hydrogen (secondary N) is 2. The molecule has 0 radical (unpaired) electrons. The molecule has 8 heteroatoms. The third-order valence-corrected chi connectivity index (χ3v) is 1.51. The first kappa shape index (κ1) is 6.85. The molecule has 1 aromatic heterocycles. The van der Waals surface area contributed by atoms with E-state index in [1.807, 2.05) is 10.3 Å². The molecule has 1 aliphatic rings. The van der Waals surface area contributed by atoms with Gasteiger partial charge in [-0.05, 0) is 0 Å². The molecule has 0 spiro atoms. The molecule has 0 fully saturated rings. The van der Waals surface area contributed by atoms with Crippen LogP contribution >= 0.6 is 0 Å². The smallest absolute Gasteiger partial charge is 0.353 e. The summed E-state index contributed by atoms with van der Waals surface area (Å²) in [6, 6.07) is -0.828. The van der Waals surface area contributed by atoms with Crippen molar-refractivity contribution in [2.24, 2.45) is 0 Å². The zero-order chi connectivity index (χ0) is 8.88. The van der Waals surface area contributed by atoms with Crippen LogP contribution < -0.4 is 16.7 Å². The molecule has 0 unspecified atom stereocenters. The Morgan fingerprint density at radius 2 is 1.92 bits per heavy atom. The second kappa shape index (κ2) is 1.85. The number of hydrogen-bond donors (Lipinski definition) is 3. The fraction of sp³-hybridized carbons (Fsp3) is 0.250. The summed E-state index contributed by atoms with van der Waals surface area (Å²) in [7, 11) is 0. The van der Waals surface area contributed by atoms with Crippen molar-refractivity contribution in [1.29, 1.82) is 0 Å². The Morgan fingerprint density at radius 1 is 1.25 bits per heavy atom. The lowest BCUT2D eigenvalue weighted by Gasteiger charge is -1.98. The summed E-state index contributed by atoms with van der Waals surface area (Å²) in [5, 5.41) is 11.0. The Hall–Kier alpha value is -1.83. The summed E-state index contributed by atoms with van der Waals surface area (Å²) in [6.45, 7) is 0.